The standard InChI is InChI=1S/C13H15NO4.K/c1-12(2)9(8-6-4-3-5-7-8)13(12,10(14)15)18-11(16)17;/h3-7,9H,1-2H3,(H2,14,15)(H,16,17);/q;+1/p-1. The number of rotatable bonds is 3. The second-order valence-electron chi connectivity index (χ2n) is 5.02. The maximum absolute atomic E-state index is 11.6. The molecule has 1 aliphatic carbocycles. The van der Waals surface area contributed by atoms with Crippen LogP contribution in [0.3, 0.4) is 0 Å². The second kappa shape index (κ2) is 5.53. The number of carbonyl (C=O) groups is 2. The van der Waals surface area contributed by atoms with Crippen molar-refractivity contribution in [3.63, 3.8) is 0 Å². The molecule has 1 saturated carbocycles. The van der Waals surface area contributed by atoms with Gasteiger partial charge in [-0.2, -0.15) is 0 Å². The first-order valence-electron chi connectivity index (χ1n) is 5.59. The molecule has 96 valence electrons. The molecule has 0 saturated heterocycles. The van der Waals surface area contributed by atoms with E-state index in [1.807, 2.05) is 30.3 Å². The Morgan fingerprint density at radius 1 is 1.26 bits per heavy atom. The van der Waals surface area contributed by atoms with Crippen molar-refractivity contribution in [3.05, 3.63) is 35.9 Å². The summed E-state index contributed by atoms with van der Waals surface area (Å²) < 4.78 is 4.72. The molecule has 0 bridgehead atoms. The SMILES string of the molecule is CC1(C)C(c2ccccc2)C1(OC(=O)[O-])C(N)=O.[K+]. The van der Waals surface area contributed by atoms with Gasteiger partial charge in [0.1, 0.15) is 5.60 Å². The summed E-state index contributed by atoms with van der Waals surface area (Å²) in [5.74, 6) is -1.17. The molecule has 0 spiro atoms. The summed E-state index contributed by atoms with van der Waals surface area (Å²) in [6.07, 6.45) is -1.74. The Bertz CT molecular complexity index is 503. The zero-order valence-corrected chi connectivity index (χ0v) is 14.3. The summed E-state index contributed by atoms with van der Waals surface area (Å²) in [5.41, 5.74) is 3.94. The molecule has 1 aliphatic rings. The first-order chi connectivity index (χ1) is 8.34. The van der Waals surface area contributed by atoms with Crippen molar-refractivity contribution < 1.29 is 70.8 Å². The Labute approximate surface area is 153 Å². The third-order valence-electron chi connectivity index (χ3n) is 3.75. The van der Waals surface area contributed by atoms with Gasteiger partial charge >= 0.3 is 51.4 Å². The Morgan fingerprint density at radius 3 is 2.21 bits per heavy atom. The summed E-state index contributed by atoms with van der Waals surface area (Å²) in [7, 11) is 0. The zero-order valence-electron chi connectivity index (χ0n) is 11.2. The molecule has 2 unspecified atom stereocenters. The van der Waals surface area contributed by atoms with Crippen LogP contribution in [0.15, 0.2) is 30.3 Å². The number of primary amides is 1. The molecular formula is C13H14KNO4. The minimum absolute atomic E-state index is 0. The number of hydrogen-bond acceptors (Lipinski definition) is 4. The van der Waals surface area contributed by atoms with Gasteiger partial charge in [0.25, 0.3) is 6.16 Å². The number of nitrogens with two attached hydrogens (primary N) is 1. The first kappa shape index (κ1) is 16.7. The van der Waals surface area contributed by atoms with Gasteiger partial charge in [0.2, 0.25) is 5.91 Å². The van der Waals surface area contributed by atoms with E-state index in [1.165, 1.54) is 0 Å². The first-order valence-corrected chi connectivity index (χ1v) is 5.59. The van der Waals surface area contributed by atoms with Crippen molar-refractivity contribution in [3.8, 4) is 0 Å². The van der Waals surface area contributed by atoms with Gasteiger partial charge in [-0.3, -0.25) is 4.79 Å². The molecule has 0 heterocycles. The van der Waals surface area contributed by atoms with Gasteiger partial charge in [-0.05, 0) is 5.56 Å². The monoisotopic (exact) mass is 287 g/mol. The van der Waals surface area contributed by atoms with Gasteiger partial charge in [0.15, 0.2) is 0 Å². The molecule has 1 aromatic rings. The average Bonchev–Trinajstić information content (AvgIpc) is 2.76. The van der Waals surface area contributed by atoms with Gasteiger partial charge in [-0.1, -0.05) is 44.2 Å². The predicted molar refractivity (Wildman–Crippen MR) is 61.4 cm³/mol. The fourth-order valence-corrected chi connectivity index (χ4v) is 2.85. The topological polar surface area (TPSA) is 92.4 Å². The molecule has 1 aromatic carbocycles. The van der Waals surface area contributed by atoms with Gasteiger partial charge in [0, 0.05) is 11.3 Å². The molecule has 1 amide bonds. The van der Waals surface area contributed by atoms with Gasteiger partial charge < -0.3 is 20.4 Å². The molecule has 2 atom stereocenters. The van der Waals surface area contributed by atoms with Crippen LogP contribution >= 0.6 is 0 Å². The molecule has 1 fully saturated rings. The van der Waals surface area contributed by atoms with E-state index in [2.05, 4.69) is 0 Å². The number of hydrogen-bond donors (Lipinski definition) is 1. The van der Waals surface area contributed by atoms with Crippen LogP contribution in [0, 0.1) is 5.41 Å². The third kappa shape index (κ3) is 2.47. The maximum Gasteiger partial charge on any atom is 1.00 e. The molecule has 0 aliphatic heterocycles. The summed E-state index contributed by atoms with van der Waals surface area (Å²) >= 11 is 0. The zero-order chi connectivity index (χ0) is 13.6. The van der Waals surface area contributed by atoms with Crippen LogP contribution in [-0.2, 0) is 9.53 Å². The van der Waals surface area contributed by atoms with Crippen molar-refractivity contribution in [1.29, 1.82) is 0 Å². The fourth-order valence-electron chi connectivity index (χ4n) is 2.85. The number of carboxylic acid groups (broad SMARTS) is 1. The molecule has 6 heteroatoms. The van der Waals surface area contributed by atoms with E-state index in [4.69, 9.17) is 10.5 Å². The fraction of sp³-hybridized carbons (Fsp3) is 0.385. The van der Waals surface area contributed by atoms with E-state index >= 15 is 0 Å². The van der Waals surface area contributed by atoms with Gasteiger partial charge in [-0.15, -0.1) is 0 Å². The van der Waals surface area contributed by atoms with E-state index in [0.29, 0.717) is 0 Å². The van der Waals surface area contributed by atoms with Crippen molar-refractivity contribution >= 4 is 12.1 Å². The Hall–Kier alpha value is -0.404. The summed E-state index contributed by atoms with van der Waals surface area (Å²) in [6.45, 7) is 3.50. The summed E-state index contributed by atoms with van der Waals surface area (Å²) in [4.78, 5) is 22.3. The Kier molecular flexibility index (Phi) is 4.85. The minimum atomic E-state index is -1.74. The minimum Gasteiger partial charge on any atom is -0.532 e. The third-order valence-corrected chi connectivity index (χ3v) is 3.75. The maximum atomic E-state index is 11.6. The van der Waals surface area contributed by atoms with Crippen LogP contribution in [-0.4, -0.2) is 17.7 Å². The smallest absolute Gasteiger partial charge is 0.532 e. The molecule has 5 nitrogen and oxygen atoms in total. The number of amides is 1. The van der Waals surface area contributed by atoms with Gasteiger partial charge in [-0.25, -0.2) is 0 Å². The van der Waals surface area contributed by atoms with Crippen molar-refractivity contribution in [2.45, 2.75) is 25.4 Å². The van der Waals surface area contributed by atoms with Crippen LogP contribution in [0.1, 0.15) is 25.3 Å². The predicted octanol–water partition coefficient (Wildman–Crippen LogP) is -2.60. The number of ether oxygens (including phenoxy) is 1. The largest absolute Gasteiger partial charge is 1.00 e. The van der Waals surface area contributed by atoms with E-state index in [1.54, 1.807) is 13.8 Å². The quantitative estimate of drug-likeness (QED) is 0.487. The van der Waals surface area contributed by atoms with Crippen molar-refractivity contribution in [1.82, 2.24) is 0 Å². The van der Waals surface area contributed by atoms with Crippen LogP contribution in [0.5, 0.6) is 0 Å². The summed E-state index contributed by atoms with van der Waals surface area (Å²) in [6, 6.07) is 9.10. The molecule has 19 heavy (non-hydrogen) atoms. The normalized spacial score (nSPS) is 26.9. The van der Waals surface area contributed by atoms with Crippen LogP contribution < -0.4 is 62.2 Å². The molecule has 0 radical (unpaired) electrons. The van der Waals surface area contributed by atoms with Crippen LogP contribution in [0.2, 0.25) is 0 Å². The van der Waals surface area contributed by atoms with E-state index in [-0.39, 0.29) is 57.3 Å². The van der Waals surface area contributed by atoms with E-state index in [0.717, 1.165) is 5.56 Å². The van der Waals surface area contributed by atoms with Crippen molar-refractivity contribution in [2.24, 2.45) is 11.1 Å². The number of benzene rings is 1. The Balaban J connectivity index is 0.00000180. The van der Waals surface area contributed by atoms with Crippen LogP contribution in [0.25, 0.3) is 0 Å². The summed E-state index contributed by atoms with van der Waals surface area (Å²) in [5, 5.41) is 10.7. The average molecular weight is 287 g/mol. The Morgan fingerprint density at radius 2 is 1.79 bits per heavy atom. The molecule has 2 N–H and O–H groups in total. The number of carbonyl (C=O) groups excluding carboxylic acids is 2. The van der Waals surface area contributed by atoms with E-state index in [9.17, 15) is 14.7 Å². The van der Waals surface area contributed by atoms with Crippen molar-refractivity contribution in [2.75, 3.05) is 0 Å². The van der Waals surface area contributed by atoms with Gasteiger partial charge in [0.05, 0.1) is 0 Å². The molecule has 0 aromatic heterocycles. The van der Waals surface area contributed by atoms with E-state index < -0.39 is 23.1 Å². The van der Waals surface area contributed by atoms with Crippen LogP contribution in [0.4, 0.5) is 4.79 Å². The molecular weight excluding hydrogens is 273 g/mol. The second-order valence-corrected chi connectivity index (χ2v) is 5.02. The molecule has 2 rings (SSSR count).